The first-order valence-electron chi connectivity index (χ1n) is 32.0. The van der Waals surface area contributed by atoms with Gasteiger partial charge in [0.2, 0.25) is 0 Å². The minimum absolute atomic E-state index is 0.00802. The quantitative estimate of drug-likeness (QED) is 0.0430. The molecule has 0 aliphatic heterocycles. The summed E-state index contributed by atoms with van der Waals surface area (Å²) < 4.78 is 0. The van der Waals surface area contributed by atoms with Crippen molar-refractivity contribution in [2.24, 2.45) is 0 Å². The van der Waals surface area contributed by atoms with E-state index >= 15 is 0 Å². The van der Waals surface area contributed by atoms with Crippen LogP contribution in [0.1, 0.15) is 246 Å². The lowest BCUT2D eigenvalue weighted by molar-refractivity contribution is 0.131. The molecule has 0 bridgehead atoms. The van der Waals surface area contributed by atoms with Crippen molar-refractivity contribution in [3.8, 4) is 55.6 Å². The average molecular weight is 1040 g/mol. The van der Waals surface area contributed by atoms with Crippen molar-refractivity contribution >= 4 is 0 Å². The summed E-state index contributed by atoms with van der Waals surface area (Å²) in [6.45, 7) is 9.29. The molecule has 10 rings (SSSR count). The van der Waals surface area contributed by atoms with E-state index in [0.717, 1.165) is 27.8 Å². The second kappa shape index (κ2) is 26.2. The largest absolute Gasteiger partial charge is 0.376 e. The molecule has 0 radical (unpaired) electrons. The number of rotatable bonds is 31. The van der Waals surface area contributed by atoms with Crippen molar-refractivity contribution in [3.63, 3.8) is 0 Å². The van der Waals surface area contributed by atoms with Crippen LogP contribution in [0, 0.1) is 0 Å². The predicted octanol–water partition coefficient (Wildman–Crippen LogP) is 22.8. The molecule has 408 valence electrons. The van der Waals surface area contributed by atoms with E-state index < -0.39 is 5.60 Å². The van der Waals surface area contributed by atoms with Crippen LogP contribution in [0.25, 0.3) is 55.6 Å². The second-order valence-electron chi connectivity index (χ2n) is 24.4. The Bertz CT molecular complexity index is 2840. The van der Waals surface area contributed by atoms with E-state index in [1.807, 2.05) is 0 Å². The van der Waals surface area contributed by atoms with Crippen LogP contribution in [0.2, 0.25) is 0 Å². The molecule has 0 aromatic heterocycles. The SMILES string of the molecule is CCCCCCCCC1(CCCCCCCC)c2ccccc2-c2ccc(-c3ccc4c(c3)C(O)(c3ccccc3)c3cc(-c5ccc6c(c5)C(CCCCCCCC)(CCCCCCCC)c5ccccc5-6)ccc3-4)cc21. The molecular formula is C77H94O. The molecule has 1 N–H and O–H groups in total. The van der Waals surface area contributed by atoms with Gasteiger partial charge in [0.1, 0.15) is 5.60 Å². The highest BCUT2D eigenvalue weighted by molar-refractivity contribution is 5.90. The number of aliphatic hydroxyl groups is 1. The standard InChI is InChI=1S/C77H94O/c1-5-9-13-17-21-32-50-75(51-33-22-18-14-10-6-2)69-40-30-28-38-63(69)65-46-42-58(54-71(65)75)60-44-48-67-68-49-45-61(57-74(68)77(78,73(67)56-60)62-36-26-25-27-37-62)59-43-47-66-64-39-29-31-41-70(64)76(72(66)55-59,52-34-23-19-15-11-7-3)53-35-24-20-16-12-8-4/h25-31,36-49,54-57,78H,5-24,32-35,50-53H2,1-4H3. The van der Waals surface area contributed by atoms with Gasteiger partial charge in [0.15, 0.2) is 0 Å². The molecule has 7 aromatic carbocycles. The Labute approximate surface area is 472 Å². The Kier molecular flexibility index (Phi) is 18.7. The van der Waals surface area contributed by atoms with E-state index in [1.54, 1.807) is 11.1 Å². The van der Waals surface area contributed by atoms with Gasteiger partial charge >= 0.3 is 0 Å². The first-order chi connectivity index (χ1) is 38.4. The zero-order chi connectivity index (χ0) is 53.8. The lowest BCUT2D eigenvalue weighted by atomic mass is 9.70. The third-order valence-electron chi connectivity index (χ3n) is 19.3. The van der Waals surface area contributed by atoms with Crippen LogP contribution >= 0.6 is 0 Å². The van der Waals surface area contributed by atoms with Crippen molar-refractivity contribution in [3.05, 3.63) is 191 Å². The van der Waals surface area contributed by atoms with E-state index in [-0.39, 0.29) is 10.8 Å². The van der Waals surface area contributed by atoms with Crippen molar-refractivity contribution in [2.75, 3.05) is 0 Å². The zero-order valence-electron chi connectivity index (χ0n) is 48.7. The summed E-state index contributed by atoms with van der Waals surface area (Å²) in [4.78, 5) is 0. The average Bonchev–Trinajstić information content (AvgIpc) is 4.20. The van der Waals surface area contributed by atoms with E-state index in [9.17, 15) is 5.11 Å². The molecule has 1 nitrogen and oxygen atoms in total. The van der Waals surface area contributed by atoms with Gasteiger partial charge in [-0.2, -0.15) is 0 Å². The summed E-state index contributed by atoms with van der Waals surface area (Å²) >= 11 is 0. The highest BCUT2D eigenvalue weighted by Gasteiger charge is 2.46. The Morgan fingerprint density at radius 3 is 0.872 bits per heavy atom. The lowest BCUT2D eigenvalue weighted by Crippen LogP contribution is -2.26. The molecule has 78 heavy (non-hydrogen) atoms. The summed E-state index contributed by atoms with van der Waals surface area (Å²) in [5.41, 5.74) is 20.5. The molecule has 3 aliphatic carbocycles. The Balaban J connectivity index is 1.01. The zero-order valence-corrected chi connectivity index (χ0v) is 48.7. The van der Waals surface area contributed by atoms with E-state index in [1.165, 1.54) is 235 Å². The van der Waals surface area contributed by atoms with E-state index in [4.69, 9.17) is 0 Å². The fourth-order valence-electron chi connectivity index (χ4n) is 15.1. The summed E-state index contributed by atoms with van der Waals surface area (Å²) in [7, 11) is 0. The second-order valence-corrected chi connectivity index (χ2v) is 24.4. The summed E-state index contributed by atoms with van der Waals surface area (Å²) in [5.74, 6) is 0. The fraction of sp³-hybridized carbons (Fsp3) is 0.455. The van der Waals surface area contributed by atoms with Gasteiger partial charge in [-0.15, -0.1) is 0 Å². The summed E-state index contributed by atoms with van der Waals surface area (Å²) in [5, 5.41) is 13.8. The fourth-order valence-corrected chi connectivity index (χ4v) is 15.1. The minimum atomic E-state index is -1.32. The molecule has 0 unspecified atom stereocenters. The van der Waals surface area contributed by atoms with Crippen LogP contribution in [0.15, 0.2) is 152 Å². The molecule has 7 aromatic rings. The van der Waals surface area contributed by atoms with Crippen molar-refractivity contribution < 1.29 is 5.11 Å². The first kappa shape index (κ1) is 55.8. The molecule has 0 saturated heterocycles. The highest BCUT2D eigenvalue weighted by Crippen LogP contribution is 2.58. The van der Waals surface area contributed by atoms with Crippen molar-refractivity contribution in [2.45, 2.75) is 224 Å². The number of fused-ring (bicyclic) bond motifs is 9. The van der Waals surface area contributed by atoms with Gasteiger partial charge in [0, 0.05) is 22.0 Å². The third kappa shape index (κ3) is 11.2. The summed E-state index contributed by atoms with van der Waals surface area (Å²) in [6, 6.07) is 58.1. The molecule has 1 heteroatoms. The van der Waals surface area contributed by atoms with E-state index in [2.05, 4.69) is 179 Å². The maximum atomic E-state index is 13.8. The van der Waals surface area contributed by atoms with Gasteiger partial charge in [-0.1, -0.05) is 309 Å². The number of hydrogen-bond acceptors (Lipinski definition) is 1. The molecule has 0 fully saturated rings. The Morgan fingerprint density at radius 1 is 0.256 bits per heavy atom. The summed E-state index contributed by atoms with van der Waals surface area (Å²) in [6.07, 6.45) is 36.3. The van der Waals surface area contributed by atoms with Crippen molar-refractivity contribution in [1.82, 2.24) is 0 Å². The monoisotopic (exact) mass is 1030 g/mol. The molecule has 0 amide bonds. The van der Waals surface area contributed by atoms with Gasteiger partial charge in [-0.25, -0.2) is 0 Å². The smallest absolute Gasteiger partial charge is 0.141 e. The highest BCUT2D eigenvalue weighted by atomic mass is 16.3. The molecule has 0 spiro atoms. The van der Waals surface area contributed by atoms with Crippen LogP contribution < -0.4 is 0 Å². The van der Waals surface area contributed by atoms with Crippen molar-refractivity contribution in [1.29, 1.82) is 0 Å². The van der Waals surface area contributed by atoms with Crippen LogP contribution in [-0.2, 0) is 16.4 Å². The van der Waals surface area contributed by atoms with Gasteiger partial charge in [0.25, 0.3) is 0 Å². The maximum absolute atomic E-state index is 13.8. The molecule has 3 aliphatic rings. The Morgan fingerprint density at radius 2 is 0.526 bits per heavy atom. The van der Waals surface area contributed by atoms with Crippen LogP contribution in [0.5, 0.6) is 0 Å². The van der Waals surface area contributed by atoms with Gasteiger partial charge in [-0.05, 0) is 133 Å². The topological polar surface area (TPSA) is 20.2 Å². The molecule has 0 atom stereocenters. The van der Waals surface area contributed by atoms with Gasteiger partial charge < -0.3 is 5.11 Å². The van der Waals surface area contributed by atoms with Crippen LogP contribution in [0.3, 0.4) is 0 Å². The number of unbranched alkanes of at least 4 members (excludes halogenated alkanes) is 20. The lowest BCUT2D eigenvalue weighted by Gasteiger charge is -2.33. The molecular weight excluding hydrogens is 941 g/mol. The minimum Gasteiger partial charge on any atom is -0.376 e. The van der Waals surface area contributed by atoms with Crippen LogP contribution in [0.4, 0.5) is 0 Å². The predicted molar refractivity (Wildman–Crippen MR) is 336 cm³/mol. The number of benzene rings is 7. The molecule has 0 saturated carbocycles. The molecule has 0 heterocycles. The normalized spacial score (nSPS) is 14.7. The van der Waals surface area contributed by atoms with Gasteiger partial charge in [0.05, 0.1) is 0 Å². The maximum Gasteiger partial charge on any atom is 0.141 e. The first-order valence-corrected chi connectivity index (χ1v) is 32.0. The van der Waals surface area contributed by atoms with E-state index in [0.29, 0.717) is 0 Å². The van der Waals surface area contributed by atoms with Gasteiger partial charge in [-0.3, -0.25) is 0 Å². The third-order valence-corrected chi connectivity index (χ3v) is 19.3. The number of hydrogen-bond donors (Lipinski definition) is 1. The van der Waals surface area contributed by atoms with Crippen LogP contribution in [-0.4, -0.2) is 5.11 Å². The Hall–Kier alpha value is -5.50.